The molecule has 0 unspecified atom stereocenters. The molecule has 3 N–H and O–H groups in total. The zero-order valence-corrected chi connectivity index (χ0v) is 13.8. The second-order valence-electron chi connectivity index (χ2n) is 5.09. The molecule has 0 aliphatic carbocycles. The number of carboxylic acid groups (broad SMARTS) is 1. The molecule has 5 nitrogen and oxygen atoms in total. The van der Waals surface area contributed by atoms with E-state index in [1.54, 1.807) is 13.0 Å². The quantitative estimate of drug-likeness (QED) is 0.592. The lowest BCUT2D eigenvalue weighted by Crippen LogP contribution is -1.97. The molecule has 1 aromatic heterocycles. The Bertz CT molecular complexity index is 927. The van der Waals surface area contributed by atoms with E-state index in [1.165, 1.54) is 12.1 Å². The van der Waals surface area contributed by atoms with Gasteiger partial charge >= 0.3 is 5.97 Å². The van der Waals surface area contributed by atoms with Crippen molar-refractivity contribution in [3.05, 3.63) is 58.1 Å². The number of aromatic carboxylic acids is 1. The molecule has 0 saturated heterocycles. The van der Waals surface area contributed by atoms with Crippen molar-refractivity contribution < 1.29 is 15.0 Å². The van der Waals surface area contributed by atoms with Crippen LogP contribution in [0.15, 0.2) is 51.9 Å². The largest absolute Gasteiger partial charge is 0.494 e. The molecule has 1 heterocycles. The molecule has 0 fully saturated rings. The van der Waals surface area contributed by atoms with Crippen LogP contribution in [0.3, 0.4) is 0 Å². The van der Waals surface area contributed by atoms with Gasteiger partial charge in [0, 0.05) is 15.4 Å². The summed E-state index contributed by atoms with van der Waals surface area (Å²) >= 11 is 3.37. The zero-order chi connectivity index (χ0) is 16.6. The summed E-state index contributed by atoms with van der Waals surface area (Å²) in [6, 6.07) is 12.1. The second kappa shape index (κ2) is 5.89. The van der Waals surface area contributed by atoms with Gasteiger partial charge in [0.1, 0.15) is 0 Å². The van der Waals surface area contributed by atoms with Crippen molar-refractivity contribution in [2.45, 2.75) is 6.92 Å². The Balaban J connectivity index is 2.14. The number of hydrogen-bond donors (Lipinski definition) is 3. The number of halogens is 1. The Morgan fingerprint density at radius 2 is 1.87 bits per heavy atom. The maximum atomic E-state index is 11.1. The molecule has 0 atom stereocenters. The van der Waals surface area contributed by atoms with Crippen LogP contribution in [0.5, 0.6) is 5.88 Å². The fourth-order valence-electron chi connectivity index (χ4n) is 2.44. The molecule has 0 spiro atoms. The number of hydrogen-bond acceptors (Lipinski definition) is 3. The molecule has 3 aromatic rings. The van der Waals surface area contributed by atoms with Gasteiger partial charge in [-0.15, -0.1) is 0 Å². The number of aliphatic imine (C=N–C) groups is 1. The van der Waals surface area contributed by atoms with Crippen LogP contribution in [-0.4, -0.2) is 26.9 Å². The van der Waals surface area contributed by atoms with Crippen molar-refractivity contribution in [1.29, 1.82) is 0 Å². The van der Waals surface area contributed by atoms with Crippen LogP contribution < -0.4 is 0 Å². The number of carbonyl (C=O) groups is 1. The molecule has 0 aliphatic heterocycles. The van der Waals surface area contributed by atoms with Crippen molar-refractivity contribution in [3.8, 4) is 5.88 Å². The summed E-state index contributed by atoms with van der Waals surface area (Å²) in [5.41, 5.74) is 2.67. The number of nitrogens with zero attached hydrogens (tertiary/aromatic N) is 1. The Morgan fingerprint density at radius 1 is 1.17 bits per heavy atom. The standard InChI is InChI=1S/C17H13BrN2O3/c1-9(19-12-5-3-11(18)4-6-12)15-13-8-10(17(22)23)2-7-14(13)20-16(15)21/h2-8,20-21H,1H3,(H,22,23). The maximum absolute atomic E-state index is 11.1. The molecular weight excluding hydrogens is 360 g/mol. The van der Waals surface area contributed by atoms with E-state index in [0.717, 1.165) is 10.2 Å². The average molecular weight is 373 g/mol. The number of carboxylic acids is 1. The highest BCUT2D eigenvalue weighted by Crippen LogP contribution is 2.30. The monoisotopic (exact) mass is 372 g/mol. The predicted molar refractivity (Wildman–Crippen MR) is 92.9 cm³/mol. The van der Waals surface area contributed by atoms with Crippen molar-refractivity contribution in [2.75, 3.05) is 0 Å². The second-order valence-corrected chi connectivity index (χ2v) is 6.00. The first kappa shape index (κ1) is 15.3. The van der Waals surface area contributed by atoms with Gasteiger partial charge in [0.05, 0.1) is 22.5 Å². The van der Waals surface area contributed by atoms with E-state index in [4.69, 9.17) is 5.11 Å². The minimum atomic E-state index is -1.01. The SMILES string of the molecule is CC(=Nc1ccc(Br)cc1)c1c(O)[nH]c2ccc(C(=O)O)cc12. The van der Waals surface area contributed by atoms with E-state index >= 15 is 0 Å². The molecule has 116 valence electrons. The van der Waals surface area contributed by atoms with Crippen LogP contribution in [0.1, 0.15) is 22.8 Å². The van der Waals surface area contributed by atoms with Crippen molar-refractivity contribution in [3.63, 3.8) is 0 Å². The first-order chi connectivity index (χ1) is 11.0. The molecule has 6 heteroatoms. The van der Waals surface area contributed by atoms with Gasteiger partial charge < -0.3 is 15.2 Å². The van der Waals surface area contributed by atoms with Crippen molar-refractivity contribution >= 4 is 44.2 Å². The summed E-state index contributed by atoms with van der Waals surface area (Å²) in [4.78, 5) is 18.5. The third kappa shape index (κ3) is 2.98. The van der Waals surface area contributed by atoms with Gasteiger partial charge in [-0.3, -0.25) is 4.99 Å². The number of aromatic amines is 1. The molecule has 0 aliphatic rings. The van der Waals surface area contributed by atoms with Gasteiger partial charge in [-0.25, -0.2) is 4.79 Å². The fraction of sp³-hybridized carbons (Fsp3) is 0.0588. The minimum absolute atomic E-state index is 0.0269. The molecular formula is C17H13BrN2O3. The van der Waals surface area contributed by atoms with E-state index in [1.807, 2.05) is 24.3 Å². The average Bonchev–Trinajstić information content (AvgIpc) is 2.84. The van der Waals surface area contributed by atoms with Gasteiger partial charge in [0.2, 0.25) is 0 Å². The van der Waals surface area contributed by atoms with Crippen molar-refractivity contribution in [2.24, 2.45) is 4.99 Å². The number of aromatic hydroxyl groups is 1. The summed E-state index contributed by atoms with van der Waals surface area (Å²) < 4.78 is 0.954. The van der Waals surface area contributed by atoms with Crippen molar-refractivity contribution in [1.82, 2.24) is 4.98 Å². The lowest BCUT2D eigenvalue weighted by molar-refractivity contribution is 0.0697. The van der Waals surface area contributed by atoms with E-state index in [2.05, 4.69) is 25.9 Å². The molecule has 0 amide bonds. The van der Waals surface area contributed by atoms with E-state index < -0.39 is 5.97 Å². The Kier molecular flexibility index (Phi) is 3.92. The Labute approximate surface area is 140 Å². The minimum Gasteiger partial charge on any atom is -0.494 e. The highest BCUT2D eigenvalue weighted by molar-refractivity contribution is 9.10. The molecule has 2 aromatic carbocycles. The van der Waals surface area contributed by atoms with Gasteiger partial charge in [-0.05, 0) is 49.4 Å². The molecule has 0 bridgehead atoms. The number of benzene rings is 2. The number of H-pyrrole nitrogens is 1. The van der Waals surface area contributed by atoms with Gasteiger partial charge in [-0.1, -0.05) is 15.9 Å². The number of nitrogens with one attached hydrogen (secondary N) is 1. The van der Waals surface area contributed by atoms with Gasteiger partial charge in [0.25, 0.3) is 0 Å². The normalized spacial score (nSPS) is 11.8. The van der Waals surface area contributed by atoms with Crippen LogP contribution in [0.2, 0.25) is 0 Å². The van der Waals surface area contributed by atoms with Crippen LogP contribution >= 0.6 is 15.9 Å². The van der Waals surface area contributed by atoms with Gasteiger partial charge in [0.15, 0.2) is 5.88 Å². The fourth-order valence-corrected chi connectivity index (χ4v) is 2.71. The van der Waals surface area contributed by atoms with Crippen LogP contribution in [0.4, 0.5) is 5.69 Å². The highest BCUT2D eigenvalue weighted by atomic mass is 79.9. The number of aromatic nitrogens is 1. The van der Waals surface area contributed by atoms with Crippen LogP contribution in [0.25, 0.3) is 10.9 Å². The summed E-state index contributed by atoms with van der Waals surface area (Å²) in [6.45, 7) is 1.78. The highest BCUT2D eigenvalue weighted by Gasteiger charge is 2.15. The van der Waals surface area contributed by atoms with Crippen LogP contribution in [0, 0.1) is 0 Å². The molecule has 0 radical (unpaired) electrons. The van der Waals surface area contributed by atoms with E-state index in [-0.39, 0.29) is 11.4 Å². The molecule has 3 rings (SSSR count). The van der Waals surface area contributed by atoms with Gasteiger partial charge in [-0.2, -0.15) is 0 Å². The van der Waals surface area contributed by atoms with E-state index in [9.17, 15) is 9.90 Å². The summed E-state index contributed by atoms with van der Waals surface area (Å²) in [7, 11) is 0. The Morgan fingerprint density at radius 3 is 2.52 bits per heavy atom. The Hall–Kier alpha value is -2.60. The van der Waals surface area contributed by atoms with E-state index in [0.29, 0.717) is 22.2 Å². The summed E-state index contributed by atoms with van der Waals surface area (Å²) in [6.07, 6.45) is 0. The number of rotatable bonds is 3. The first-order valence-corrected chi connectivity index (χ1v) is 7.64. The summed E-state index contributed by atoms with van der Waals surface area (Å²) in [5.74, 6) is -1.04. The number of fused-ring (bicyclic) bond motifs is 1. The smallest absolute Gasteiger partial charge is 0.335 e. The third-order valence-corrected chi connectivity index (χ3v) is 4.04. The lowest BCUT2D eigenvalue weighted by Gasteiger charge is -2.02. The third-order valence-electron chi connectivity index (χ3n) is 3.51. The molecule has 23 heavy (non-hydrogen) atoms. The molecule has 0 saturated carbocycles. The maximum Gasteiger partial charge on any atom is 0.335 e. The predicted octanol–water partition coefficient (Wildman–Crippen LogP) is 4.47. The topological polar surface area (TPSA) is 85.7 Å². The lowest BCUT2D eigenvalue weighted by atomic mass is 10.1. The summed E-state index contributed by atoms with van der Waals surface area (Å²) in [5, 5.41) is 19.9. The van der Waals surface area contributed by atoms with Crippen LogP contribution in [-0.2, 0) is 0 Å². The first-order valence-electron chi connectivity index (χ1n) is 6.85. The zero-order valence-electron chi connectivity index (χ0n) is 12.2.